The molecular weight excluding hydrogens is 159 g/mol. The Labute approximate surface area is 61.2 Å². The van der Waals surface area contributed by atoms with Gasteiger partial charge in [-0.15, -0.1) is 0 Å². The summed E-state index contributed by atoms with van der Waals surface area (Å²) in [6.45, 7) is 1.51. The highest BCUT2D eigenvalue weighted by Crippen LogP contribution is 2.14. The summed E-state index contributed by atoms with van der Waals surface area (Å²) in [6.07, 6.45) is 0. The Morgan fingerprint density at radius 3 is 2.60 bits per heavy atom. The van der Waals surface area contributed by atoms with Crippen LogP contribution in [0.25, 0.3) is 0 Å². The number of nitrogens with zero attached hydrogens (tertiary/aromatic N) is 1. The molecule has 0 aliphatic rings. The van der Waals surface area contributed by atoms with Gasteiger partial charge in [0.1, 0.15) is 5.15 Å². The molecule has 0 amide bonds. The molecule has 0 aliphatic heterocycles. The summed E-state index contributed by atoms with van der Waals surface area (Å²) in [6, 6.07) is -1.57. The van der Waals surface area contributed by atoms with Gasteiger partial charge in [0.2, 0.25) is 0 Å². The van der Waals surface area contributed by atoms with Crippen LogP contribution in [0.4, 0.5) is 4.39 Å². The van der Waals surface area contributed by atoms with Crippen LogP contribution in [0.3, 0.4) is 0 Å². The molecule has 1 rings (SSSR count). The van der Waals surface area contributed by atoms with Crippen molar-refractivity contribution in [2.24, 2.45) is 0 Å². The average molecular weight is 163 g/mol. The maximum absolute atomic E-state index is 11.9. The normalized spacial score (nSPS) is 9.90. The number of H-pyrrole nitrogens is 1. The molecule has 1 heterocycles. The standard InChI is InChI=1S/C5H4ClFN2O/c1-2-3(5(7)10)8-9-4(2)6/h1H3,(H,8,9). The first-order valence-electron chi connectivity index (χ1n) is 2.53. The summed E-state index contributed by atoms with van der Waals surface area (Å²) in [4.78, 5) is 10.1. The molecule has 0 saturated heterocycles. The molecule has 0 bridgehead atoms. The van der Waals surface area contributed by atoms with Crippen LogP contribution in [0.5, 0.6) is 0 Å². The molecule has 0 radical (unpaired) electrons. The van der Waals surface area contributed by atoms with Crippen LogP contribution >= 0.6 is 11.6 Å². The molecule has 1 aromatic rings. The van der Waals surface area contributed by atoms with E-state index in [1.807, 2.05) is 0 Å². The molecule has 0 aliphatic carbocycles. The lowest BCUT2D eigenvalue weighted by Gasteiger charge is -1.84. The van der Waals surface area contributed by atoms with Crippen molar-refractivity contribution in [1.29, 1.82) is 0 Å². The SMILES string of the molecule is Cc1c(C(=O)F)n[nH]c1Cl. The van der Waals surface area contributed by atoms with Gasteiger partial charge in [-0.2, -0.15) is 9.49 Å². The van der Waals surface area contributed by atoms with Gasteiger partial charge in [0, 0.05) is 5.56 Å². The van der Waals surface area contributed by atoms with E-state index in [4.69, 9.17) is 11.6 Å². The summed E-state index contributed by atoms with van der Waals surface area (Å²) in [5.74, 6) is 0. The molecular formula is C5H4ClFN2O. The van der Waals surface area contributed by atoms with Crippen molar-refractivity contribution in [3.8, 4) is 0 Å². The molecule has 10 heavy (non-hydrogen) atoms. The van der Waals surface area contributed by atoms with E-state index in [2.05, 4.69) is 10.2 Å². The summed E-state index contributed by atoms with van der Waals surface area (Å²) < 4.78 is 11.9. The fraction of sp³-hybridized carbons (Fsp3) is 0.200. The van der Waals surface area contributed by atoms with Gasteiger partial charge in [-0.25, -0.2) is 0 Å². The van der Waals surface area contributed by atoms with E-state index in [0.717, 1.165) is 0 Å². The second-order valence-corrected chi connectivity index (χ2v) is 2.16. The van der Waals surface area contributed by atoms with Crippen LogP contribution in [-0.2, 0) is 0 Å². The number of nitrogens with one attached hydrogen (secondary N) is 1. The van der Waals surface area contributed by atoms with Gasteiger partial charge in [-0.3, -0.25) is 9.89 Å². The highest BCUT2D eigenvalue weighted by molar-refractivity contribution is 6.30. The van der Waals surface area contributed by atoms with Crippen molar-refractivity contribution in [3.05, 3.63) is 16.4 Å². The minimum absolute atomic E-state index is 0.195. The maximum Gasteiger partial charge on any atom is 0.352 e. The Morgan fingerprint density at radius 1 is 1.80 bits per heavy atom. The van der Waals surface area contributed by atoms with Gasteiger partial charge < -0.3 is 0 Å². The van der Waals surface area contributed by atoms with Crippen molar-refractivity contribution < 1.29 is 9.18 Å². The molecule has 0 unspecified atom stereocenters. The molecule has 0 atom stereocenters. The highest BCUT2D eigenvalue weighted by Gasteiger charge is 2.13. The summed E-state index contributed by atoms with van der Waals surface area (Å²) in [5.41, 5.74) is 0.0965. The Bertz CT molecular complexity index is 271. The fourth-order valence-corrected chi connectivity index (χ4v) is 0.700. The number of aromatic amines is 1. The predicted octanol–water partition coefficient (Wildman–Crippen LogP) is 1.48. The monoisotopic (exact) mass is 162 g/mol. The molecule has 5 heteroatoms. The first-order valence-corrected chi connectivity index (χ1v) is 2.91. The summed E-state index contributed by atoms with van der Waals surface area (Å²) in [5, 5.41) is 5.80. The maximum atomic E-state index is 11.9. The number of hydrogen-bond acceptors (Lipinski definition) is 2. The lowest BCUT2D eigenvalue weighted by atomic mass is 10.3. The molecule has 0 fully saturated rings. The third-order valence-electron chi connectivity index (χ3n) is 1.14. The third kappa shape index (κ3) is 1.02. The van der Waals surface area contributed by atoms with Crippen molar-refractivity contribution in [2.75, 3.05) is 0 Å². The van der Waals surface area contributed by atoms with Crippen molar-refractivity contribution in [1.82, 2.24) is 10.2 Å². The molecule has 0 aromatic carbocycles. The predicted molar refractivity (Wildman–Crippen MR) is 33.8 cm³/mol. The molecule has 0 saturated carbocycles. The molecule has 0 spiro atoms. The molecule has 3 nitrogen and oxygen atoms in total. The van der Waals surface area contributed by atoms with Crippen LogP contribution in [0.1, 0.15) is 16.1 Å². The Balaban J connectivity index is 3.17. The van der Waals surface area contributed by atoms with E-state index in [1.54, 1.807) is 0 Å². The van der Waals surface area contributed by atoms with Crippen LogP contribution in [0, 0.1) is 6.92 Å². The van der Waals surface area contributed by atoms with Crippen LogP contribution in [0.15, 0.2) is 0 Å². The van der Waals surface area contributed by atoms with Crippen molar-refractivity contribution in [3.63, 3.8) is 0 Å². The zero-order valence-corrected chi connectivity index (χ0v) is 5.87. The van der Waals surface area contributed by atoms with Crippen LogP contribution < -0.4 is 0 Å². The summed E-state index contributed by atoms with van der Waals surface area (Å²) in [7, 11) is 0. The van der Waals surface area contributed by atoms with Gasteiger partial charge in [-0.05, 0) is 6.92 Å². The van der Waals surface area contributed by atoms with Crippen LogP contribution in [0.2, 0.25) is 5.15 Å². The fourth-order valence-electron chi connectivity index (χ4n) is 0.568. The first kappa shape index (κ1) is 7.21. The Kier molecular flexibility index (Phi) is 1.72. The number of halogens is 2. The van der Waals surface area contributed by atoms with Crippen LogP contribution in [-0.4, -0.2) is 16.2 Å². The molecule has 1 aromatic heterocycles. The topological polar surface area (TPSA) is 45.8 Å². The second-order valence-electron chi connectivity index (χ2n) is 1.78. The van der Waals surface area contributed by atoms with Gasteiger partial charge in [0.15, 0.2) is 5.69 Å². The quantitative estimate of drug-likeness (QED) is 0.636. The molecule has 1 N–H and O–H groups in total. The minimum Gasteiger partial charge on any atom is -0.266 e. The summed E-state index contributed by atoms with van der Waals surface area (Å²) >= 11 is 5.44. The number of aromatic nitrogens is 2. The van der Waals surface area contributed by atoms with Gasteiger partial charge >= 0.3 is 6.04 Å². The number of hydrogen-bond donors (Lipinski definition) is 1. The van der Waals surface area contributed by atoms with E-state index < -0.39 is 6.04 Å². The van der Waals surface area contributed by atoms with Gasteiger partial charge in [0.25, 0.3) is 0 Å². The Morgan fingerprint density at radius 2 is 2.40 bits per heavy atom. The van der Waals surface area contributed by atoms with E-state index in [0.29, 0.717) is 5.56 Å². The number of carbonyl (C=O) groups is 1. The van der Waals surface area contributed by atoms with Crippen molar-refractivity contribution in [2.45, 2.75) is 6.92 Å². The Hall–Kier alpha value is -0.900. The number of rotatable bonds is 1. The minimum atomic E-state index is -1.57. The van der Waals surface area contributed by atoms with Crippen molar-refractivity contribution >= 4 is 17.6 Å². The van der Waals surface area contributed by atoms with Gasteiger partial charge in [-0.1, -0.05) is 11.6 Å². The lowest BCUT2D eigenvalue weighted by molar-refractivity contribution is 0.0829. The van der Waals surface area contributed by atoms with E-state index in [-0.39, 0.29) is 10.8 Å². The largest absolute Gasteiger partial charge is 0.352 e. The average Bonchev–Trinajstić information content (AvgIpc) is 2.14. The van der Waals surface area contributed by atoms with Gasteiger partial charge in [0.05, 0.1) is 0 Å². The second kappa shape index (κ2) is 2.38. The van der Waals surface area contributed by atoms with E-state index >= 15 is 0 Å². The smallest absolute Gasteiger partial charge is 0.266 e. The third-order valence-corrected chi connectivity index (χ3v) is 1.50. The van der Waals surface area contributed by atoms with E-state index in [9.17, 15) is 9.18 Å². The lowest BCUT2D eigenvalue weighted by Crippen LogP contribution is -1.92. The first-order chi connectivity index (χ1) is 4.63. The zero-order valence-electron chi connectivity index (χ0n) is 5.11. The molecule has 54 valence electrons. The highest BCUT2D eigenvalue weighted by atomic mass is 35.5. The number of carbonyl (C=O) groups excluding carboxylic acids is 1. The zero-order chi connectivity index (χ0) is 7.72. The van der Waals surface area contributed by atoms with E-state index in [1.165, 1.54) is 6.92 Å².